The average Bonchev–Trinajstić information content (AvgIpc) is 3.21. The van der Waals surface area contributed by atoms with Crippen molar-refractivity contribution in [2.75, 3.05) is 6.79 Å². The molecular weight excluding hydrogens is 410 g/mol. The Hall–Kier alpha value is -4.20. The molecule has 1 amide bonds. The molecule has 0 spiro atoms. The largest absolute Gasteiger partial charge is 0.454 e. The third-order valence-corrected chi connectivity index (χ3v) is 5.57. The first-order valence-electron chi connectivity index (χ1n) is 10.2. The summed E-state index contributed by atoms with van der Waals surface area (Å²) in [6.07, 6.45) is 0.560. The van der Waals surface area contributed by atoms with Gasteiger partial charge in [0.25, 0.3) is 11.6 Å². The Kier molecular flexibility index (Phi) is 4.82. The number of nitro groups is 1. The number of rotatable bonds is 3. The molecule has 8 nitrogen and oxygen atoms in total. The highest BCUT2D eigenvalue weighted by molar-refractivity contribution is 6.15. The van der Waals surface area contributed by atoms with Gasteiger partial charge in [0.05, 0.1) is 16.7 Å². The Bertz CT molecular complexity index is 1240. The number of hydrazone groups is 1. The maximum atomic E-state index is 13.3. The quantitative estimate of drug-likeness (QED) is 0.460. The summed E-state index contributed by atoms with van der Waals surface area (Å²) in [5.41, 5.74) is 3.49. The van der Waals surface area contributed by atoms with E-state index < -0.39 is 4.92 Å². The molecule has 2 aliphatic heterocycles. The van der Waals surface area contributed by atoms with Crippen LogP contribution in [0.2, 0.25) is 0 Å². The number of non-ortho nitro benzene ring substituents is 1. The summed E-state index contributed by atoms with van der Waals surface area (Å²) < 4.78 is 11.1. The van der Waals surface area contributed by atoms with Crippen LogP contribution < -0.4 is 9.47 Å². The molecule has 160 valence electrons. The number of benzene rings is 3. The van der Waals surface area contributed by atoms with Crippen LogP contribution in [0, 0.1) is 10.1 Å². The summed E-state index contributed by atoms with van der Waals surface area (Å²) in [6.45, 7) is 2.09. The van der Waals surface area contributed by atoms with Crippen molar-refractivity contribution in [3.05, 3.63) is 99.1 Å². The van der Waals surface area contributed by atoms with E-state index in [1.807, 2.05) is 37.3 Å². The van der Waals surface area contributed by atoms with Crippen LogP contribution in [-0.2, 0) is 6.42 Å². The minimum atomic E-state index is -0.446. The van der Waals surface area contributed by atoms with Gasteiger partial charge in [-0.1, -0.05) is 18.2 Å². The fourth-order valence-corrected chi connectivity index (χ4v) is 3.95. The first kappa shape index (κ1) is 19.7. The summed E-state index contributed by atoms with van der Waals surface area (Å²) in [7, 11) is 0. The van der Waals surface area contributed by atoms with Crippen molar-refractivity contribution in [2.24, 2.45) is 5.10 Å². The van der Waals surface area contributed by atoms with Crippen molar-refractivity contribution in [3.8, 4) is 11.5 Å². The lowest BCUT2D eigenvalue weighted by Crippen LogP contribution is -2.35. The highest BCUT2D eigenvalue weighted by Gasteiger charge is 2.30. The highest BCUT2D eigenvalue weighted by atomic mass is 16.7. The molecule has 8 heteroatoms. The molecule has 0 aliphatic carbocycles. The van der Waals surface area contributed by atoms with Gasteiger partial charge in [-0.15, -0.1) is 0 Å². The van der Waals surface area contributed by atoms with Crippen LogP contribution in [0.4, 0.5) is 5.69 Å². The maximum absolute atomic E-state index is 13.3. The van der Waals surface area contributed by atoms with E-state index in [2.05, 4.69) is 0 Å². The van der Waals surface area contributed by atoms with E-state index in [4.69, 9.17) is 14.6 Å². The molecule has 0 saturated heterocycles. The smallest absolute Gasteiger partial charge is 0.274 e. The zero-order valence-electron chi connectivity index (χ0n) is 17.2. The Morgan fingerprint density at radius 3 is 2.44 bits per heavy atom. The first-order valence-corrected chi connectivity index (χ1v) is 10.2. The van der Waals surface area contributed by atoms with Gasteiger partial charge in [-0.05, 0) is 55.3 Å². The standard InChI is InChI=1S/C24H19N3O5/c1-15-11-18-12-21-22(32-14-31-21)13-20(18)23(16-7-9-19(10-8-16)27(29)30)25-26(15)24(28)17-5-3-2-4-6-17/h2-10,12-13,15H,11,14H2,1H3. The maximum Gasteiger partial charge on any atom is 0.274 e. The number of nitro benzene ring substituents is 1. The van der Waals surface area contributed by atoms with Gasteiger partial charge in [-0.25, -0.2) is 5.01 Å². The number of carbonyl (C=O) groups excluding carboxylic acids is 1. The molecule has 1 atom stereocenters. The molecule has 3 aromatic carbocycles. The molecule has 0 N–H and O–H groups in total. The highest BCUT2D eigenvalue weighted by Crippen LogP contribution is 2.38. The fraction of sp³-hybridized carbons (Fsp3) is 0.167. The number of nitrogens with zero attached hydrogens (tertiary/aromatic N) is 3. The third-order valence-electron chi connectivity index (χ3n) is 5.57. The molecule has 1 unspecified atom stereocenters. The lowest BCUT2D eigenvalue weighted by Gasteiger charge is -2.23. The van der Waals surface area contributed by atoms with Gasteiger partial charge in [0.1, 0.15) is 0 Å². The predicted octanol–water partition coefficient (Wildman–Crippen LogP) is 4.16. The van der Waals surface area contributed by atoms with Gasteiger partial charge in [0, 0.05) is 28.8 Å². The molecule has 2 heterocycles. The SMILES string of the molecule is CC1Cc2cc3c(cc2C(c2ccc([N+](=O)[O-])cc2)=NN1C(=O)c1ccccc1)OCO3. The summed E-state index contributed by atoms with van der Waals surface area (Å²) in [4.78, 5) is 24.0. The van der Waals surface area contributed by atoms with E-state index in [-0.39, 0.29) is 24.4 Å². The van der Waals surface area contributed by atoms with Crippen molar-refractivity contribution in [1.82, 2.24) is 5.01 Å². The van der Waals surface area contributed by atoms with Crippen LogP contribution in [0.1, 0.15) is 34.0 Å². The van der Waals surface area contributed by atoms with Crippen molar-refractivity contribution in [3.63, 3.8) is 0 Å². The monoisotopic (exact) mass is 429 g/mol. The van der Waals surface area contributed by atoms with Gasteiger partial charge < -0.3 is 9.47 Å². The van der Waals surface area contributed by atoms with Crippen LogP contribution in [0.25, 0.3) is 0 Å². The molecule has 32 heavy (non-hydrogen) atoms. The van der Waals surface area contributed by atoms with Crippen LogP contribution >= 0.6 is 0 Å². The zero-order chi connectivity index (χ0) is 22.2. The zero-order valence-corrected chi connectivity index (χ0v) is 17.2. The molecule has 0 fully saturated rings. The summed E-state index contributed by atoms with van der Waals surface area (Å²) in [6, 6.07) is 18.7. The van der Waals surface area contributed by atoms with Crippen LogP contribution in [0.5, 0.6) is 11.5 Å². The number of amides is 1. The average molecular weight is 429 g/mol. The summed E-state index contributed by atoms with van der Waals surface area (Å²) in [5, 5.41) is 17.4. The fourth-order valence-electron chi connectivity index (χ4n) is 3.95. The third kappa shape index (κ3) is 3.45. The normalized spacial score (nSPS) is 16.7. The Balaban J connectivity index is 1.66. The van der Waals surface area contributed by atoms with E-state index in [1.54, 1.807) is 24.3 Å². The van der Waals surface area contributed by atoms with Gasteiger partial charge in [-0.2, -0.15) is 5.10 Å². The minimum Gasteiger partial charge on any atom is -0.454 e. The Morgan fingerprint density at radius 1 is 1.06 bits per heavy atom. The van der Waals surface area contributed by atoms with E-state index in [1.165, 1.54) is 17.1 Å². The Labute approximate surface area is 183 Å². The van der Waals surface area contributed by atoms with E-state index >= 15 is 0 Å². The van der Waals surface area contributed by atoms with Gasteiger partial charge in [0.15, 0.2) is 11.5 Å². The van der Waals surface area contributed by atoms with Crippen molar-refractivity contribution >= 4 is 17.3 Å². The van der Waals surface area contributed by atoms with Gasteiger partial charge in [-0.3, -0.25) is 14.9 Å². The molecule has 0 aromatic heterocycles. The predicted molar refractivity (Wildman–Crippen MR) is 117 cm³/mol. The van der Waals surface area contributed by atoms with E-state index in [0.29, 0.717) is 34.8 Å². The van der Waals surface area contributed by atoms with Crippen LogP contribution in [-0.4, -0.2) is 34.4 Å². The van der Waals surface area contributed by atoms with Crippen LogP contribution in [0.3, 0.4) is 0 Å². The number of carbonyl (C=O) groups is 1. The van der Waals surface area contributed by atoms with Crippen molar-refractivity contribution in [1.29, 1.82) is 0 Å². The minimum absolute atomic E-state index is 0.0144. The van der Waals surface area contributed by atoms with Gasteiger partial charge in [0.2, 0.25) is 6.79 Å². The van der Waals surface area contributed by atoms with Gasteiger partial charge >= 0.3 is 0 Å². The lowest BCUT2D eigenvalue weighted by atomic mass is 9.94. The first-order chi connectivity index (χ1) is 15.5. The van der Waals surface area contributed by atoms with Crippen LogP contribution in [0.15, 0.2) is 71.8 Å². The number of ether oxygens (including phenoxy) is 2. The number of hydrogen-bond acceptors (Lipinski definition) is 6. The molecule has 0 saturated carbocycles. The summed E-state index contributed by atoms with van der Waals surface area (Å²) in [5.74, 6) is 1.04. The number of hydrogen-bond donors (Lipinski definition) is 0. The summed E-state index contributed by atoms with van der Waals surface area (Å²) >= 11 is 0. The van der Waals surface area contributed by atoms with Crippen molar-refractivity contribution < 1.29 is 19.2 Å². The second kappa shape index (κ2) is 7.81. The molecule has 3 aromatic rings. The lowest BCUT2D eigenvalue weighted by molar-refractivity contribution is -0.384. The molecular formula is C24H19N3O5. The molecule has 0 bridgehead atoms. The topological polar surface area (TPSA) is 94.3 Å². The van der Waals surface area contributed by atoms with E-state index in [9.17, 15) is 14.9 Å². The number of fused-ring (bicyclic) bond motifs is 2. The second-order valence-corrected chi connectivity index (χ2v) is 7.68. The molecule has 5 rings (SSSR count). The molecule has 0 radical (unpaired) electrons. The van der Waals surface area contributed by atoms with E-state index in [0.717, 1.165) is 11.1 Å². The Morgan fingerprint density at radius 2 is 1.75 bits per heavy atom. The second-order valence-electron chi connectivity index (χ2n) is 7.68. The molecule has 2 aliphatic rings. The van der Waals surface area contributed by atoms with Crippen molar-refractivity contribution in [2.45, 2.75) is 19.4 Å².